The highest BCUT2D eigenvalue weighted by atomic mass is 32.1. The molecule has 6 nitrogen and oxygen atoms in total. The number of aromatic nitrogens is 3. The van der Waals surface area contributed by atoms with Crippen molar-refractivity contribution in [2.24, 2.45) is 5.10 Å². The second-order valence-electron chi connectivity index (χ2n) is 7.12. The number of benzene rings is 2. The summed E-state index contributed by atoms with van der Waals surface area (Å²) in [5.41, 5.74) is 7.16. The summed E-state index contributed by atoms with van der Waals surface area (Å²) in [4.78, 5) is 6.99. The van der Waals surface area contributed by atoms with E-state index in [0.717, 1.165) is 51.2 Å². The van der Waals surface area contributed by atoms with Crippen molar-refractivity contribution in [2.45, 2.75) is 19.8 Å². The summed E-state index contributed by atoms with van der Waals surface area (Å²) >= 11 is 1.60. The van der Waals surface area contributed by atoms with Gasteiger partial charge in [-0.1, -0.05) is 41.7 Å². The highest BCUT2D eigenvalue weighted by Gasteiger charge is 2.23. The minimum atomic E-state index is 0.790. The van der Waals surface area contributed by atoms with Gasteiger partial charge in [-0.2, -0.15) is 10.2 Å². The van der Waals surface area contributed by atoms with Crippen LogP contribution in [0.4, 0.5) is 10.9 Å². The first-order chi connectivity index (χ1) is 14.3. The number of hydrogen-bond acceptors (Lipinski definition) is 6. The maximum Gasteiger partial charge on any atom is 0.204 e. The lowest BCUT2D eigenvalue weighted by molar-refractivity contribution is 0.815. The van der Waals surface area contributed by atoms with Gasteiger partial charge in [-0.05, 0) is 44.0 Å². The molecule has 0 aliphatic carbocycles. The molecule has 2 aromatic heterocycles. The fourth-order valence-corrected chi connectivity index (χ4v) is 4.55. The number of rotatable bonds is 5. The molecule has 7 heteroatoms. The van der Waals surface area contributed by atoms with Gasteiger partial charge in [-0.25, -0.2) is 9.67 Å². The van der Waals surface area contributed by atoms with Crippen LogP contribution in [0.3, 0.4) is 0 Å². The molecule has 0 unspecified atom stereocenters. The number of nitrogens with one attached hydrogen (secondary N) is 1. The molecule has 1 aliphatic heterocycles. The maximum absolute atomic E-state index is 4.83. The van der Waals surface area contributed by atoms with E-state index in [0.29, 0.717) is 0 Å². The van der Waals surface area contributed by atoms with E-state index in [1.165, 1.54) is 12.8 Å². The van der Waals surface area contributed by atoms with Crippen molar-refractivity contribution in [3.05, 3.63) is 65.9 Å². The zero-order valence-electron chi connectivity index (χ0n) is 16.2. The molecule has 5 rings (SSSR count). The molecule has 0 radical (unpaired) electrons. The Balaban J connectivity index is 1.48. The molecule has 1 fully saturated rings. The van der Waals surface area contributed by atoms with Gasteiger partial charge in [0.05, 0.1) is 33.4 Å². The second kappa shape index (κ2) is 7.67. The summed E-state index contributed by atoms with van der Waals surface area (Å²) in [6, 6.07) is 18.4. The molecule has 3 heterocycles. The molecule has 0 amide bonds. The maximum atomic E-state index is 4.83. The van der Waals surface area contributed by atoms with Crippen LogP contribution < -0.4 is 10.3 Å². The summed E-state index contributed by atoms with van der Waals surface area (Å²) < 4.78 is 3.19. The zero-order valence-corrected chi connectivity index (χ0v) is 17.1. The minimum absolute atomic E-state index is 0.790. The molecule has 29 heavy (non-hydrogen) atoms. The van der Waals surface area contributed by atoms with Gasteiger partial charge in [-0.15, -0.1) is 0 Å². The molecule has 0 bridgehead atoms. The van der Waals surface area contributed by atoms with Gasteiger partial charge in [0.2, 0.25) is 5.13 Å². The van der Waals surface area contributed by atoms with Crippen LogP contribution in [0, 0.1) is 6.92 Å². The highest BCUT2D eigenvalue weighted by molar-refractivity contribution is 7.22. The summed E-state index contributed by atoms with van der Waals surface area (Å²) in [6.45, 7) is 4.13. The van der Waals surface area contributed by atoms with Crippen molar-refractivity contribution in [1.82, 2.24) is 14.8 Å². The van der Waals surface area contributed by atoms with Gasteiger partial charge in [0.25, 0.3) is 0 Å². The predicted octanol–water partition coefficient (Wildman–Crippen LogP) is 4.84. The third kappa shape index (κ3) is 3.49. The largest absolute Gasteiger partial charge is 0.356 e. The Kier molecular flexibility index (Phi) is 4.73. The van der Waals surface area contributed by atoms with Crippen LogP contribution in [-0.4, -0.2) is 34.1 Å². The molecular weight excluding hydrogens is 380 g/mol. The Morgan fingerprint density at radius 3 is 2.59 bits per heavy atom. The Bertz CT molecular complexity index is 1120. The zero-order chi connectivity index (χ0) is 19.6. The molecule has 0 saturated carbocycles. The van der Waals surface area contributed by atoms with Gasteiger partial charge in [0.15, 0.2) is 0 Å². The van der Waals surface area contributed by atoms with E-state index in [4.69, 9.17) is 5.10 Å². The molecule has 2 aromatic carbocycles. The van der Waals surface area contributed by atoms with E-state index in [1.807, 2.05) is 54.2 Å². The molecule has 1 aliphatic rings. The number of para-hydroxylation sites is 2. The summed E-state index contributed by atoms with van der Waals surface area (Å²) in [6.07, 6.45) is 4.29. The fraction of sp³-hybridized carbons (Fsp3) is 0.227. The highest BCUT2D eigenvalue weighted by Crippen LogP contribution is 2.29. The van der Waals surface area contributed by atoms with Crippen LogP contribution in [0.2, 0.25) is 0 Å². The second-order valence-corrected chi connectivity index (χ2v) is 8.15. The lowest BCUT2D eigenvalue weighted by Gasteiger charge is -2.20. The van der Waals surface area contributed by atoms with Crippen LogP contribution >= 0.6 is 11.3 Å². The van der Waals surface area contributed by atoms with Crippen LogP contribution in [0.1, 0.15) is 24.1 Å². The number of thiazole rings is 1. The predicted molar refractivity (Wildman–Crippen MR) is 121 cm³/mol. The molecule has 1 N–H and O–H groups in total. The first kappa shape index (κ1) is 17.9. The van der Waals surface area contributed by atoms with Gasteiger partial charge >= 0.3 is 0 Å². The van der Waals surface area contributed by atoms with E-state index >= 15 is 0 Å². The third-order valence-electron chi connectivity index (χ3n) is 5.14. The van der Waals surface area contributed by atoms with Crippen LogP contribution in [0.25, 0.3) is 15.9 Å². The van der Waals surface area contributed by atoms with Crippen molar-refractivity contribution in [3.8, 4) is 5.69 Å². The van der Waals surface area contributed by atoms with E-state index in [9.17, 15) is 0 Å². The number of nitrogens with zero attached hydrogens (tertiary/aromatic N) is 5. The summed E-state index contributed by atoms with van der Waals surface area (Å²) in [5, 5.41) is 10.1. The van der Waals surface area contributed by atoms with E-state index < -0.39 is 0 Å². The van der Waals surface area contributed by atoms with Gasteiger partial charge in [0.1, 0.15) is 5.82 Å². The summed E-state index contributed by atoms with van der Waals surface area (Å²) in [7, 11) is 0. The molecule has 146 valence electrons. The number of hydrazone groups is 1. The Hall–Kier alpha value is -3.19. The Morgan fingerprint density at radius 1 is 1.03 bits per heavy atom. The molecule has 0 atom stereocenters. The quantitative estimate of drug-likeness (QED) is 0.383. The smallest absolute Gasteiger partial charge is 0.204 e. The molecule has 0 spiro atoms. The number of fused-ring (bicyclic) bond motifs is 1. The van der Waals surface area contributed by atoms with Crippen molar-refractivity contribution in [3.63, 3.8) is 0 Å². The Morgan fingerprint density at radius 2 is 1.79 bits per heavy atom. The fourth-order valence-electron chi connectivity index (χ4n) is 3.73. The van der Waals surface area contributed by atoms with Crippen molar-refractivity contribution >= 4 is 38.7 Å². The average Bonchev–Trinajstić information content (AvgIpc) is 3.47. The lowest BCUT2D eigenvalue weighted by atomic mass is 10.2. The van der Waals surface area contributed by atoms with E-state index in [2.05, 4.69) is 38.6 Å². The number of aryl methyl sites for hydroxylation is 1. The summed E-state index contributed by atoms with van der Waals surface area (Å²) in [5.74, 6) is 1.11. The normalized spacial score (nSPS) is 14.3. The van der Waals surface area contributed by atoms with Crippen LogP contribution in [0.5, 0.6) is 0 Å². The Labute approximate surface area is 173 Å². The van der Waals surface area contributed by atoms with Crippen LogP contribution in [-0.2, 0) is 0 Å². The van der Waals surface area contributed by atoms with E-state index in [-0.39, 0.29) is 0 Å². The molecule has 1 saturated heterocycles. The lowest BCUT2D eigenvalue weighted by Crippen LogP contribution is -2.22. The SMILES string of the molecule is Cc1nn(-c2ccccc2)c(N2CCCC2)c1/C=N\Nc1nc2ccccc2s1. The number of anilines is 2. The average molecular weight is 403 g/mol. The topological polar surface area (TPSA) is 58.3 Å². The van der Waals surface area contributed by atoms with Crippen molar-refractivity contribution < 1.29 is 0 Å². The molecular formula is C22H22N6S. The standard InChI is InChI=1S/C22H22N6S/c1-16-18(15-23-25-22-24-19-11-5-6-12-20(19)29-22)21(27-13-7-8-14-27)28(26-16)17-9-3-2-4-10-17/h2-6,9-12,15H,7-8,13-14H2,1H3,(H,24,25)/b23-15-. The van der Waals surface area contributed by atoms with Gasteiger partial charge in [0, 0.05) is 13.1 Å². The van der Waals surface area contributed by atoms with E-state index in [1.54, 1.807) is 11.3 Å². The number of hydrogen-bond donors (Lipinski definition) is 1. The first-order valence-electron chi connectivity index (χ1n) is 9.84. The van der Waals surface area contributed by atoms with Gasteiger partial charge < -0.3 is 4.90 Å². The van der Waals surface area contributed by atoms with Crippen molar-refractivity contribution in [2.75, 3.05) is 23.4 Å². The minimum Gasteiger partial charge on any atom is -0.356 e. The first-order valence-corrected chi connectivity index (χ1v) is 10.7. The third-order valence-corrected chi connectivity index (χ3v) is 6.08. The molecule has 4 aromatic rings. The van der Waals surface area contributed by atoms with Crippen LogP contribution in [0.15, 0.2) is 59.7 Å². The monoisotopic (exact) mass is 402 g/mol. The van der Waals surface area contributed by atoms with Gasteiger partial charge in [-0.3, -0.25) is 5.43 Å². The van der Waals surface area contributed by atoms with Crippen molar-refractivity contribution in [1.29, 1.82) is 0 Å².